The Bertz CT molecular complexity index is 528. The van der Waals surface area contributed by atoms with Crippen LogP contribution in [0.4, 0.5) is 0 Å². The molecule has 4 atom stereocenters. The van der Waals surface area contributed by atoms with E-state index in [1.807, 2.05) is 32.0 Å². The predicted molar refractivity (Wildman–Crippen MR) is 83.1 cm³/mol. The second-order valence-corrected chi connectivity index (χ2v) is 6.73. The standard InChI is InChI=1S/C15H26N6O/c1-16-7-12-8-21(18-17-12)9-13-6-11-4-5-20(13)10-14(11)15(22)19(2)3/h8,11,13-14,16H,4-7,9-10H2,1-3H3/t11-,13+,14-/m0/s1. The zero-order valence-corrected chi connectivity index (χ0v) is 13.7. The van der Waals surface area contributed by atoms with Crippen molar-refractivity contribution in [1.82, 2.24) is 30.1 Å². The SMILES string of the molecule is CNCc1cn(C[C@H]2C[C@@H]3CCN2C[C@@H]3C(=O)N(C)C)nn1. The molecule has 3 aliphatic rings. The van der Waals surface area contributed by atoms with E-state index < -0.39 is 0 Å². The highest BCUT2D eigenvalue weighted by atomic mass is 16.2. The zero-order valence-electron chi connectivity index (χ0n) is 13.7. The van der Waals surface area contributed by atoms with Gasteiger partial charge in [0.15, 0.2) is 0 Å². The first-order chi connectivity index (χ1) is 10.6. The van der Waals surface area contributed by atoms with Crippen LogP contribution in [0.5, 0.6) is 0 Å². The molecule has 0 spiro atoms. The van der Waals surface area contributed by atoms with E-state index in [0.29, 0.717) is 12.0 Å². The molecule has 1 aromatic heterocycles. The quantitative estimate of drug-likeness (QED) is 0.816. The molecule has 0 radical (unpaired) electrons. The summed E-state index contributed by atoms with van der Waals surface area (Å²) in [5.74, 6) is 0.978. The van der Waals surface area contributed by atoms with Gasteiger partial charge in [-0.15, -0.1) is 5.10 Å². The third-order valence-corrected chi connectivity index (χ3v) is 4.98. The lowest BCUT2D eigenvalue weighted by Crippen LogP contribution is -2.57. The zero-order chi connectivity index (χ0) is 15.7. The number of nitrogens with zero attached hydrogens (tertiary/aromatic N) is 5. The number of aromatic nitrogens is 3. The molecule has 7 nitrogen and oxygen atoms in total. The number of carbonyl (C=O) groups is 1. The van der Waals surface area contributed by atoms with Crippen molar-refractivity contribution in [2.24, 2.45) is 11.8 Å². The highest BCUT2D eigenvalue weighted by molar-refractivity contribution is 5.79. The summed E-state index contributed by atoms with van der Waals surface area (Å²) in [6.45, 7) is 3.61. The Kier molecular flexibility index (Phi) is 4.44. The van der Waals surface area contributed by atoms with Crippen molar-refractivity contribution in [3.05, 3.63) is 11.9 Å². The first-order valence-corrected chi connectivity index (χ1v) is 8.07. The Morgan fingerprint density at radius 3 is 2.95 bits per heavy atom. The van der Waals surface area contributed by atoms with Crippen LogP contribution in [0.1, 0.15) is 18.5 Å². The van der Waals surface area contributed by atoms with E-state index in [0.717, 1.165) is 44.7 Å². The molecule has 1 aromatic rings. The fraction of sp³-hybridized carbons (Fsp3) is 0.800. The second kappa shape index (κ2) is 6.34. The average molecular weight is 306 g/mol. The smallest absolute Gasteiger partial charge is 0.226 e. The van der Waals surface area contributed by atoms with E-state index in [2.05, 4.69) is 20.5 Å². The van der Waals surface area contributed by atoms with Crippen molar-refractivity contribution in [1.29, 1.82) is 0 Å². The first-order valence-electron chi connectivity index (χ1n) is 8.07. The highest BCUT2D eigenvalue weighted by Crippen LogP contribution is 2.37. The Morgan fingerprint density at radius 1 is 1.50 bits per heavy atom. The summed E-state index contributed by atoms with van der Waals surface area (Å²) in [5.41, 5.74) is 0.971. The van der Waals surface area contributed by atoms with Gasteiger partial charge in [-0.3, -0.25) is 14.4 Å². The van der Waals surface area contributed by atoms with Gasteiger partial charge in [0.05, 0.1) is 18.2 Å². The van der Waals surface area contributed by atoms with E-state index >= 15 is 0 Å². The number of piperidine rings is 3. The van der Waals surface area contributed by atoms with Crippen molar-refractivity contribution in [2.75, 3.05) is 34.2 Å². The van der Waals surface area contributed by atoms with Crippen LogP contribution in [0.25, 0.3) is 0 Å². The minimum atomic E-state index is 0.176. The lowest BCUT2D eigenvalue weighted by molar-refractivity contribution is -0.141. The van der Waals surface area contributed by atoms with Crippen LogP contribution in [0.2, 0.25) is 0 Å². The fourth-order valence-corrected chi connectivity index (χ4v) is 3.85. The van der Waals surface area contributed by atoms with E-state index in [1.54, 1.807) is 4.90 Å². The Balaban J connectivity index is 1.62. The molecule has 7 heteroatoms. The van der Waals surface area contributed by atoms with Crippen molar-refractivity contribution in [2.45, 2.75) is 32.0 Å². The monoisotopic (exact) mass is 306 g/mol. The molecule has 1 N–H and O–H groups in total. The van der Waals surface area contributed by atoms with E-state index in [1.165, 1.54) is 0 Å². The maximum atomic E-state index is 12.3. The Labute approximate surface area is 131 Å². The summed E-state index contributed by atoms with van der Waals surface area (Å²) in [7, 11) is 5.62. The topological polar surface area (TPSA) is 66.3 Å². The molecule has 3 aliphatic heterocycles. The maximum Gasteiger partial charge on any atom is 0.226 e. The van der Waals surface area contributed by atoms with Crippen molar-refractivity contribution in [3.8, 4) is 0 Å². The molecule has 22 heavy (non-hydrogen) atoms. The van der Waals surface area contributed by atoms with Gasteiger partial charge < -0.3 is 10.2 Å². The third-order valence-electron chi connectivity index (χ3n) is 4.98. The van der Waals surface area contributed by atoms with Gasteiger partial charge in [0.1, 0.15) is 0 Å². The molecular weight excluding hydrogens is 280 g/mol. The summed E-state index contributed by atoms with van der Waals surface area (Å²) in [6.07, 6.45) is 4.25. The van der Waals surface area contributed by atoms with Crippen LogP contribution in [0.15, 0.2) is 6.20 Å². The Morgan fingerprint density at radius 2 is 2.32 bits per heavy atom. The normalized spacial score (nSPS) is 30.5. The van der Waals surface area contributed by atoms with Crippen LogP contribution >= 0.6 is 0 Å². The summed E-state index contributed by atoms with van der Waals surface area (Å²) >= 11 is 0. The molecule has 0 aromatic carbocycles. The summed E-state index contributed by atoms with van der Waals surface area (Å²) in [4.78, 5) is 16.5. The van der Waals surface area contributed by atoms with Gasteiger partial charge in [-0.1, -0.05) is 5.21 Å². The van der Waals surface area contributed by atoms with E-state index in [-0.39, 0.29) is 11.8 Å². The minimum Gasteiger partial charge on any atom is -0.349 e. The molecule has 1 amide bonds. The number of rotatable bonds is 5. The van der Waals surface area contributed by atoms with Gasteiger partial charge in [-0.25, -0.2) is 0 Å². The largest absolute Gasteiger partial charge is 0.349 e. The number of carbonyl (C=O) groups excluding carboxylic acids is 1. The van der Waals surface area contributed by atoms with E-state index in [9.17, 15) is 4.79 Å². The molecule has 3 fully saturated rings. The Hall–Kier alpha value is -1.47. The second-order valence-electron chi connectivity index (χ2n) is 6.73. The first kappa shape index (κ1) is 15.4. The van der Waals surface area contributed by atoms with Gasteiger partial charge in [0.2, 0.25) is 5.91 Å². The molecule has 0 aliphatic carbocycles. The summed E-state index contributed by atoms with van der Waals surface area (Å²) in [6, 6.07) is 0.481. The summed E-state index contributed by atoms with van der Waals surface area (Å²) < 4.78 is 1.95. The van der Waals surface area contributed by atoms with Gasteiger partial charge in [-0.2, -0.15) is 0 Å². The molecule has 4 rings (SSSR count). The van der Waals surface area contributed by atoms with Crippen molar-refractivity contribution >= 4 is 5.91 Å². The van der Waals surface area contributed by atoms with Gasteiger partial charge >= 0.3 is 0 Å². The number of nitrogens with one attached hydrogen (secondary N) is 1. The van der Waals surface area contributed by atoms with E-state index in [4.69, 9.17) is 0 Å². The number of fused-ring (bicyclic) bond motifs is 3. The van der Waals surface area contributed by atoms with Crippen LogP contribution in [-0.2, 0) is 17.9 Å². The summed E-state index contributed by atoms with van der Waals surface area (Å²) in [5, 5.41) is 11.5. The third kappa shape index (κ3) is 3.01. The van der Waals surface area contributed by atoms with Gasteiger partial charge in [0.25, 0.3) is 0 Å². The maximum absolute atomic E-state index is 12.3. The fourth-order valence-electron chi connectivity index (χ4n) is 3.85. The van der Waals surface area contributed by atoms with Crippen LogP contribution in [0, 0.1) is 11.8 Å². The molecule has 2 bridgehead atoms. The van der Waals surface area contributed by atoms with Crippen LogP contribution < -0.4 is 5.32 Å². The lowest BCUT2D eigenvalue weighted by Gasteiger charge is -2.49. The van der Waals surface area contributed by atoms with Crippen molar-refractivity contribution < 1.29 is 4.79 Å². The molecular formula is C15H26N6O. The molecule has 3 saturated heterocycles. The molecule has 0 saturated carbocycles. The molecule has 1 unspecified atom stereocenters. The lowest BCUT2D eigenvalue weighted by atomic mass is 9.75. The van der Waals surface area contributed by atoms with Crippen LogP contribution in [0.3, 0.4) is 0 Å². The number of hydrogen-bond acceptors (Lipinski definition) is 5. The minimum absolute atomic E-state index is 0.176. The van der Waals surface area contributed by atoms with Crippen molar-refractivity contribution in [3.63, 3.8) is 0 Å². The van der Waals surface area contributed by atoms with Crippen LogP contribution in [-0.4, -0.2) is 71.0 Å². The number of hydrogen-bond donors (Lipinski definition) is 1. The molecule has 4 heterocycles. The average Bonchev–Trinajstić information content (AvgIpc) is 2.94. The van der Waals surface area contributed by atoms with Gasteiger partial charge in [0, 0.05) is 39.4 Å². The molecule has 122 valence electrons. The van der Waals surface area contributed by atoms with Gasteiger partial charge in [-0.05, 0) is 32.4 Å². The number of amides is 1. The predicted octanol–water partition coefficient (Wildman–Crippen LogP) is -0.204. The highest BCUT2D eigenvalue weighted by Gasteiger charge is 2.43.